The number of rotatable bonds is 3. The Morgan fingerprint density at radius 1 is 1.21 bits per heavy atom. The van der Waals surface area contributed by atoms with Crippen LogP contribution in [0.25, 0.3) is 5.69 Å². The van der Waals surface area contributed by atoms with Crippen LogP contribution in [-0.2, 0) is 17.9 Å². The van der Waals surface area contributed by atoms with Gasteiger partial charge in [0.25, 0.3) is 5.91 Å². The number of fused-ring (bicyclic) bond motifs is 3. The van der Waals surface area contributed by atoms with Gasteiger partial charge in [-0.25, -0.2) is 4.98 Å². The first kappa shape index (κ1) is 19.3. The van der Waals surface area contributed by atoms with Crippen LogP contribution in [0.2, 0.25) is 5.02 Å². The lowest BCUT2D eigenvalue weighted by molar-refractivity contribution is 0.0788. The molecule has 0 N–H and O–H groups in total. The zero-order valence-corrected chi connectivity index (χ0v) is 17.0. The highest BCUT2D eigenvalue weighted by molar-refractivity contribution is 6.34. The second kappa shape index (κ2) is 8.12. The Balaban J connectivity index is 1.60. The fourth-order valence-corrected chi connectivity index (χ4v) is 3.51. The molecule has 1 atom stereocenters. The van der Waals surface area contributed by atoms with Crippen molar-refractivity contribution in [2.45, 2.75) is 26.2 Å². The molecule has 0 spiro atoms. The summed E-state index contributed by atoms with van der Waals surface area (Å²) >= 11 is 6.31. The minimum absolute atomic E-state index is 0.118. The van der Waals surface area contributed by atoms with Gasteiger partial charge in [-0.3, -0.25) is 9.36 Å². The molecule has 29 heavy (non-hydrogen) atoms. The van der Waals surface area contributed by atoms with Gasteiger partial charge in [-0.15, -0.1) is 0 Å². The van der Waals surface area contributed by atoms with E-state index in [1.807, 2.05) is 54.0 Å². The van der Waals surface area contributed by atoms with E-state index in [0.29, 0.717) is 29.4 Å². The maximum Gasteiger partial charge on any atom is 0.257 e. The molecular formula is C23H20ClN3O2. The minimum Gasteiger partial charge on any atom is -0.361 e. The highest BCUT2D eigenvalue weighted by Gasteiger charge is 2.27. The SMILES string of the molecule is CC(C#Cc1ncn2c1CN(C)C(=O)c1c(Cl)cccc1-2)OCc1ccccc1. The van der Waals surface area contributed by atoms with Crippen molar-refractivity contribution in [2.24, 2.45) is 0 Å². The summed E-state index contributed by atoms with van der Waals surface area (Å²) in [7, 11) is 1.75. The van der Waals surface area contributed by atoms with Crippen molar-refractivity contribution in [3.05, 3.63) is 82.4 Å². The minimum atomic E-state index is -0.251. The normalized spacial score (nSPS) is 13.8. The van der Waals surface area contributed by atoms with Crippen LogP contribution in [0.5, 0.6) is 0 Å². The van der Waals surface area contributed by atoms with E-state index < -0.39 is 0 Å². The molecule has 1 amide bonds. The summed E-state index contributed by atoms with van der Waals surface area (Å²) in [4.78, 5) is 18.9. The zero-order valence-electron chi connectivity index (χ0n) is 16.2. The summed E-state index contributed by atoms with van der Waals surface area (Å²) in [5.41, 5.74) is 3.78. The fraction of sp³-hybridized carbons (Fsp3) is 0.217. The molecule has 0 bridgehead atoms. The third kappa shape index (κ3) is 3.91. The third-order valence-electron chi connectivity index (χ3n) is 4.80. The van der Waals surface area contributed by atoms with Crippen molar-refractivity contribution in [1.82, 2.24) is 14.5 Å². The number of ether oxygens (including phenoxy) is 1. The van der Waals surface area contributed by atoms with E-state index in [1.165, 1.54) is 0 Å². The maximum absolute atomic E-state index is 12.8. The molecule has 2 heterocycles. The van der Waals surface area contributed by atoms with E-state index in [1.54, 1.807) is 24.3 Å². The molecule has 6 heteroatoms. The molecule has 1 aliphatic heterocycles. The monoisotopic (exact) mass is 405 g/mol. The Hall–Kier alpha value is -3.07. The molecule has 5 nitrogen and oxygen atoms in total. The Morgan fingerprint density at radius 3 is 2.79 bits per heavy atom. The van der Waals surface area contributed by atoms with Gasteiger partial charge in [0.2, 0.25) is 0 Å². The van der Waals surface area contributed by atoms with Crippen molar-refractivity contribution >= 4 is 17.5 Å². The van der Waals surface area contributed by atoms with Crippen LogP contribution < -0.4 is 0 Å². The lowest BCUT2D eigenvalue weighted by atomic mass is 10.1. The van der Waals surface area contributed by atoms with Gasteiger partial charge in [-0.2, -0.15) is 0 Å². The van der Waals surface area contributed by atoms with Gasteiger partial charge >= 0.3 is 0 Å². The number of benzene rings is 2. The van der Waals surface area contributed by atoms with Gasteiger partial charge in [0, 0.05) is 7.05 Å². The number of halogens is 1. The van der Waals surface area contributed by atoms with Crippen molar-refractivity contribution in [2.75, 3.05) is 7.05 Å². The van der Waals surface area contributed by atoms with E-state index in [2.05, 4.69) is 16.8 Å². The van der Waals surface area contributed by atoms with Crippen LogP contribution >= 0.6 is 11.6 Å². The molecule has 4 rings (SSSR count). The number of hydrogen-bond acceptors (Lipinski definition) is 3. The lowest BCUT2D eigenvalue weighted by Crippen LogP contribution is -2.25. The number of carbonyl (C=O) groups excluding carboxylic acids is 1. The highest BCUT2D eigenvalue weighted by Crippen LogP contribution is 2.30. The number of carbonyl (C=O) groups is 1. The molecule has 2 aromatic carbocycles. The van der Waals surface area contributed by atoms with Crippen molar-refractivity contribution in [3.63, 3.8) is 0 Å². The molecule has 0 saturated carbocycles. The smallest absolute Gasteiger partial charge is 0.257 e. The summed E-state index contributed by atoms with van der Waals surface area (Å²) in [6, 6.07) is 15.4. The first-order valence-electron chi connectivity index (χ1n) is 9.32. The predicted molar refractivity (Wildman–Crippen MR) is 112 cm³/mol. The average molecular weight is 406 g/mol. The highest BCUT2D eigenvalue weighted by atomic mass is 35.5. The summed E-state index contributed by atoms with van der Waals surface area (Å²) in [5, 5.41) is 0.427. The van der Waals surface area contributed by atoms with Crippen molar-refractivity contribution in [1.29, 1.82) is 0 Å². The zero-order chi connectivity index (χ0) is 20.4. The van der Waals surface area contributed by atoms with Crippen molar-refractivity contribution < 1.29 is 9.53 Å². The van der Waals surface area contributed by atoms with Gasteiger partial charge < -0.3 is 9.64 Å². The molecule has 0 fully saturated rings. The molecule has 1 unspecified atom stereocenters. The van der Waals surface area contributed by atoms with Gasteiger partial charge in [0.1, 0.15) is 18.1 Å². The quantitative estimate of drug-likeness (QED) is 0.617. The van der Waals surface area contributed by atoms with Crippen LogP contribution in [0, 0.1) is 11.8 Å². The topological polar surface area (TPSA) is 47.4 Å². The number of nitrogens with zero attached hydrogens (tertiary/aromatic N) is 3. The van der Waals surface area contributed by atoms with E-state index in [-0.39, 0.29) is 12.0 Å². The second-order valence-corrected chi connectivity index (χ2v) is 7.32. The number of aromatic nitrogens is 2. The molecule has 3 aromatic rings. The fourth-order valence-electron chi connectivity index (χ4n) is 3.26. The summed E-state index contributed by atoms with van der Waals surface area (Å²) in [6.45, 7) is 2.81. The van der Waals surface area contributed by atoms with Gasteiger partial charge in [-0.1, -0.05) is 53.9 Å². The van der Waals surface area contributed by atoms with Crippen molar-refractivity contribution in [3.8, 4) is 17.5 Å². The van der Waals surface area contributed by atoms with E-state index in [9.17, 15) is 4.79 Å². The summed E-state index contributed by atoms with van der Waals surface area (Å²) < 4.78 is 7.71. The first-order chi connectivity index (χ1) is 14.0. The Morgan fingerprint density at radius 2 is 2.00 bits per heavy atom. The van der Waals surface area contributed by atoms with E-state index >= 15 is 0 Å². The van der Waals surface area contributed by atoms with E-state index in [0.717, 1.165) is 16.9 Å². The van der Waals surface area contributed by atoms with Gasteiger partial charge in [-0.05, 0) is 30.5 Å². The van der Waals surface area contributed by atoms with Crippen LogP contribution in [0.15, 0.2) is 54.9 Å². The molecule has 0 saturated heterocycles. The Bertz CT molecular complexity index is 1110. The average Bonchev–Trinajstić information content (AvgIpc) is 3.08. The standard InChI is InChI=1S/C23H20ClN3O2/c1-16(29-14-17-7-4-3-5-8-17)11-12-19-21-13-26(2)23(28)22-18(24)9-6-10-20(22)27(21)15-25-19/h3-10,15-16H,13-14H2,1-2H3. The summed E-state index contributed by atoms with van der Waals surface area (Å²) in [5.74, 6) is 6.11. The van der Waals surface area contributed by atoms with Crippen LogP contribution in [0.4, 0.5) is 0 Å². The maximum atomic E-state index is 12.8. The molecule has 0 radical (unpaired) electrons. The number of amides is 1. The predicted octanol–water partition coefficient (Wildman–Crippen LogP) is 4.07. The number of imidazole rings is 1. The lowest BCUT2D eigenvalue weighted by Gasteiger charge is -2.14. The first-order valence-corrected chi connectivity index (χ1v) is 9.70. The molecule has 1 aromatic heterocycles. The largest absolute Gasteiger partial charge is 0.361 e. The van der Waals surface area contributed by atoms with Gasteiger partial charge in [0.05, 0.1) is 35.1 Å². The third-order valence-corrected chi connectivity index (χ3v) is 5.12. The van der Waals surface area contributed by atoms with Crippen LogP contribution in [0.3, 0.4) is 0 Å². The Labute approximate surface area is 174 Å². The van der Waals surface area contributed by atoms with E-state index in [4.69, 9.17) is 16.3 Å². The van der Waals surface area contributed by atoms with Gasteiger partial charge in [0.15, 0.2) is 0 Å². The Kier molecular flexibility index (Phi) is 5.39. The molecular weight excluding hydrogens is 386 g/mol. The molecule has 1 aliphatic rings. The second-order valence-electron chi connectivity index (χ2n) is 6.91. The van der Waals surface area contributed by atoms with Crippen LogP contribution in [-0.4, -0.2) is 33.5 Å². The number of hydrogen-bond donors (Lipinski definition) is 0. The summed E-state index contributed by atoms with van der Waals surface area (Å²) in [6.07, 6.45) is 1.44. The molecule has 146 valence electrons. The van der Waals surface area contributed by atoms with Crippen LogP contribution in [0.1, 0.15) is 34.2 Å². The molecule has 0 aliphatic carbocycles.